The maximum atomic E-state index is 8.00. The maximum absolute atomic E-state index is 8.00. The third kappa shape index (κ3) is 65.0. The number of hydrogen-bond acceptors (Lipinski definition) is 11. The Kier molecular flexibility index (Phi) is 58.6. The summed E-state index contributed by atoms with van der Waals surface area (Å²) in [6.45, 7) is 48.5. The Morgan fingerprint density at radius 2 is 0.340 bits per heavy atom. The van der Waals surface area contributed by atoms with E-state index >= 15 is 0 Å². The van der Waals surface area contributed by atoms with Gasteiger partial charge in [0.1, 0.15) is 13.6 Å². The van der Waals surface area contributed by atoms with Gasteiger partial charge in [-0.2, -0.15) is 0 Å². The first-order valence-electron chi connectivity index (χ1n) is 18.9. The molecule has 0 rings (SSSR count). The first-order chi connectivity index (χ1) is 24.2. The smallest absolute Gasteiger partial charge is 0.312 e. The van der Waals surface area contributed by atoms with Crippen LogP contribution in [0.25, 0.3) is 0 Å². The molecule has 326 valence electrons. The molecule has 0 atom stereocenters. The zero-order chi connectivity index (χ0) is 41.7. The zero-order valence-electron chi connectivity index (χ0n) is 37.2. The summed E-state index contributed by atoms with van der Waals surface area (Å²) in [6.07, 6.45) is 0. The Labute approximate surface area is 345 Å². The molecule has 11 nitrogen and oxygen atoms in total. The Hall–Kier alpha value is 0.893. The van der Waals surface area contributed by atoms with Gasteiger partial charge in [-0.05, 0) is 53.3 Å². The molecule has 0 bridgehead atoms. The van der Waals surface area contributed by atoms with Crippen LogP contribution in [0, 0.1) is 53.3 Å². The molecule has 0 aromatic rings. The number of rotatable bonds is 27. The normalized spacial score (nSPS) is 11.4. The molecule has 0 aliphatic heterocycles. The van der Waals surface area contributed by atoms with Gasteiger partial charge < -0.3 is 50.3 Å². The van der Waals surface area contributed by atoms with E-state index in [0.29, 0.717) is 113 Å². The second-order valence-corrected chi connectivity index (χ2v) is 19.5. The van der Waals surface area contributed by atoms with Gasteiger partial charge in [-0.15, -0.1) is 0 Å². The summed E-state index contributed by atoms with van der Waals surface area (Å²) in [5.41, 5.74) is 0. The standard InChI is InChI=1S/3C12H27O3P.2CH2O.Ru/c3*1-10(2)7-13-16(14-8-11(3)4)15-9-12(5)6;2*1-2;/h3*10-12H,7-9H2,1-6H3;2*1H2;. The molecular weight excluding hydrogens is 826 g/mol. The molecule has 0 aromatic heterocycles. The summed E-state index contributed by atoms with van der Waals surface area (Å²) in [6, 6.07) is 0. The fourth-order valence-corrected chi connectivity index (χ4v) is 6.67. The fourth-order valence-electron chi connectivity index (χ4n) is 2.22. The van der Waals surface area contributed by atoms with Crippen molar-refractivity contribution >= 4 is 39.4 Å². The van der Waals surface area contributed by atoms with E-state index in [1.807, 2.05) is 13.6 Å². The van der Waals surface area contributed by atoms with E-state index in [2.05, 4.69) is 125 Å². The average molecular weight is 912 g/mol. The van der Waals surface area contributed by atoms with Gasteiger partial charge in [-0.25, -0.2) is 0 Å². The van der Waals surface area contributed by atoms with E-state index < -0.39 is 25.8 Å². The van der Waals surface area contributed by atoms with E-state index in [-0.39, 0.29) is 19.5 Å². The van der Waals surface area contributed by atoms with Gasteiger partial charge in [0.05, 0.1) is 59.5 Å². The van der Waals surface area contributed by atoms with Crippen LogP contribution in [0.1, 0.15) is 125 Å². The molecule has 15 heteroatoms. The van der Waals surface area contributed by atoms with Gasteiger partial charge in [0.25, 0.3) is 0 Å². The van der Waals surface area contributed by atoms with Gasteiger partial charge in [-0.3, -0.25) is 0 Å². The molecule has 0 saturated carbocycles. The van der Waals surface area contributed by atoms with Crippen molar-refractivity contribution in [1.29, 1.82) is 0 Å². The van der Waals surface area contributed by atoms with Gasteiger partial charge >= 0.3 is 25.8 Å². The first kappa shape index (κ1) is 65.7. The SMILES string of the molecule is C=O.C=O.CC(C)COP(OCC(C)C)OCC(C)C.CC(C)COP(OCC(C)C)OCC(C)C.CC(C)COP(OCC(C)C)OCC(C)C.[Ru]. The molecule has 0 saturated heterocycles. The van der Waals surface area contributed by atoms with Crippen molar-refractivity contribution < 1.29 is 69.8 Å². The Morgan fingerprint density at radius 1 is 0.264 bits per heavy atom. The summed E-state index contributed by atoms with van der Waals surface area (Å²) in [4.78, 5) is 16.0. The van der Waals surface area contributed by atoms with Crippen LogP contribution in [0.15, 0.2) is 0 Å². The molecule has 0 radical (unpaired) electrons. The molecule has 0 aliphatic rings. The summed E-state index contributed by atoms with van der Waals surface area (Å²) < 4.78 is 50.6. The zero-order valence-corrected chi connectivity index (χ0v) is 41.6. The molecule has 0 heterocycles. The third-order valence-electron chi connectivity index (χ3n) is 4.62. The topological polar surface area (TPSA) is 117 Å². The number of hydrogen-bond donors (Lipinski definition) is 0. The van der Waals surface area contributed by atoms with E-state index in [0.717, 1.165) is 0 Å². The van der Waals surface area contributed by atoms with Crippen LogP contribution < -0.4 is 0 Å². The monoisotopic (exact) mass is 912 g/mol. The summed E-state index contributed by atoms with van der Waals surface area (Å²) in [5, 5.41) is 0. The molecule has 0 N–H and O–H groups in total. The van der Waals surface area contributed by atoms with Crippen LogP contribution in [0.3, 0.4) is 0 Å². The predicted octanol–water partition coefficient (Wildman–Crippen LogP) is 12.3. The van der Waals surface area contributed by atoms with E-state index in [1.54, 1.807) is 0 Å². The quantitative estimate of drug-likeness (QED) is 0.0579. The van der Waals surface area contributed by atoms with Crippen LogP contribution >= 0.6 is 25.8 Å². The van der Waals surface area contributed by atoms with Crippen molar-refractivity contribution in [1.82, 2.24) is 0 Å². The van der Waals surface area contributed by atoms with Crippen LogP contribution in [0.4, 0.5) is 0 Å². The summed E-state index contributed by atoms with van der Waals surface area (Å²) in [7, 11) is -3.47. The molecule has 0 spiro atoms. The van der Waals surface area contributed by atoms with Crippen LogP contribution in [0.5, 0.6) is 0 Å². The second-order valence-electron chi connectivity index (χ2n) is 15.9. The molecule has 0 aliphatic carbocycles. The molecule has 0 amide bonds. The van der Waals surface area contributed by atoms with Crippen molar-refractivity contribution in [2.45, 2.75) is 125 Å². The fraction of sp³-hybridized carbons (Fsp3) is 0.947. The molecule has 0 aromatic carbocycles. The van der Waals surface area contributed by atoms with Crippen LogP contribution in [-0.4, -0.2) is 73.0 Å². The van der Waals surface area contributed by atoms with Crippen molar-refractivity contribution in [2.75, 3.05) is 59.5 Å². The van der Waals surface area contributed by atoms with Gasteiger partial charge in [0.15, 0.2) is 0 Å². The Balaban J connectivity index is -0.000000148. The van der Waals surface area contributed by atoms with Crippen molar-refractivity contribution in [3.05, 3.63) is 0 Å². The minimum absolute atomic E-state index is 0. The van der Waals surface area contributed by atoms with Crippen molar-refractivity contribution in [3.63, 3.8) is 0 Å². The minimum Gasteiger partial charge on any atom is -0.312 e. The van der Waals surface area contributed by atoms with Crippen LogP contribution in [-0.2, 0) is 69.8 Å². The van der Waals surface area contributed by atoms with Gasteiger partial charge in [0.2, 0.25) is 0 Å². The third-order valence-corrected chi connectivity index (χ3v) is 7.86. The minimum atomic E-state index is -1.16. The summed E-state index contributed by atoms with van der Waals surface area (Å²) in [5.74, 6) is 4.59. The van der Waals surface area contributed by atoms with E-state index in [9.17, 15) is 0 Å². The molecule has 0 fully saturated rings. The maximum Gasteiger partial charge on any atom is 0.332 e. The van der Waals surface area contributed by atoms with Gasteiger partial charge in [0, 0.05) is 19.5 Å². The molecule has 53 heavy (non-hydrogen) atoms. The predicted molar refractivity (Wildman–Crippen MR) is 222 cm³/mol. The van der Waals surface area contributed by atoms with E-state index in [1.165, 1.54) is 0 Å². The summed E-state index contributed by atoms with van der Waals surface area (Å²) >= 11 is 0. The van der Waals surface area contributed by atoms with Crippen molar-refractivity contribution in [2.24, 2.45) is 53.3 Å². The second kappa shape index (κ2) is 47.3. The van der Waals surface area contributed by atoms with E-state index in [4.69, 9.17) is 50.3 Å². The Bertz CT molecular complexity index is 521. The largest absolute Gasteiger partial charge is 0.332 e. The Morgan fingerprint density at radius 3 is 0.396 bits per heavy atom. The van der Waals surface area contributed by atoms with Crippen molar-refractivity contribution in [3.8, 4) is 0 Å². The number of carbonyl (C=O) groups excluding carboxylic acids is 2. The molecular formula is C38H85O11P3Ru. The number of carbonyl (C=O) groups is 2. The first-order valence-corrected chi connectivity index (χ1v) is 22.2. The van der Waals surface area contributed by atoms with Gasteiger partial charge in [-0.1, -0.05) is 125 Å². The van der Waals surface area contributed by atoms with Crippen LogP contribution in [0.2, 0.25) is 0 Å². The average Bonchev–Trinajstić information content (AvgIpc) is 3.05. The molecule has 0 unspecified atom stereocenters.